The second kappa shape index (κ2) is 3.15. The zero-order valence-electron chi connectivity index (χ0n) is 6.91. The fourth-order valence-electron chi connectivity index (χ4n) is 1.23. The summed E-state index contributed by atoms with van der Waals surface area (Å²) in [6.07, 6.45) is 0. The molecule has 1 aromatic heterocycles. The molecule has 2 heteroatoms. The van der Waals surface area contributed by atoms with Crippen LogP contribution in [0.1, 0.15) is 6.92 Å². The van der Waals surface area contributed by atoms with Crippen LogP contribution >= 0.6 is 11.3 Å². The van der Waals surface area contributed by atoms with Gasteiger partial charge in [0.1, 0.15) is 5.75 Å². The standard InChI is InChI=1S/C10H10OS/c1-2-11-9-5-3-4-8-6-7-12-10(8)9/h3-7H,2H2,1H3. The Morgan fingerprint density at radius 3 is 3.08 bits per heavy atom. The van der Waals surface area contributed by atoms with Crippen LogP contribution in [0.3, 0.4) is 0 Å². The van der Waals surface area contributed by atoms with Gasteiger partial charge >= 0.3 is 0 Å². The molecule has 0 atom stereocenters. The molecule has 0 N–H and O–H groups in total. The van der Waals surface area contributed by atoms with Gasteiger partial charge in [-0.2, -0.15) is 0 Å². The van der Waals surface area contributed by atoms with E-state index in [0.29, 0.717) is 0 Å². The van der Waals surface area contributed by atoms with Crippen molar-refractivity contribution in [3.63, 3.8) is 0 Å². The quantitative estimate of drug-likeness (QED) is 0.685. The highest BCUT2D eigenvalue weighted by atomic mass is 32.1. The number of hydrogen-bond donors (Lipinski definition) is 0. The Hall–Kier alpha value is -1.02. The third-order valence-corrected chi connectivity index (χ3v) is 2.69. The minimum Gasteiger partial charge on any atom is -0.492 e. The minimum atomic E-state index is 0.733. The van der Waals surface area contributed by atoms with Crippen LogP contribution in [0.25, 0.3) is 10.1 Å². The Balaban J connectivity index is 2.57. The predicted molar refractivity (Wildman–Crippen MR) is 53.0 cm³/mol. The monoisotopic (exact) mass is 178 g/mol. The number of rotatable bonds is 2. The molecule has 0 saturated carbocycles. The first kappa shape index (κ1) is 7.62. The predicted octanol–water partition coefficient (Wildman–Crippen LogP) is 3.30. The number of fused-ring (bicyclic) bond motifs is 1. The summed E-state index contributed by atoms with van der Waals surface area (Å²) >= 11 is 1.73. The van der Waals surface area contributed by atoms with Gasteiger partial charge in [0, 0.05) is 0 Å². The van der Waals surface area contributed by atoms with Crippen molar-refractivity contribution in [3.05, 3.63) is 29.6 Å². The summed E-state index contributed by atoms with van der Waals surface area (Å²) in [4.78, 5) is 0. The smallest absolute Gasteiger partial charge is 0.137 e. The molecule has 12 heavy (non-hydrogen) atoms. The van der Waals surface area contributed by atoms with Crippen molar-refractivity contribution >= 4 is 21.4 Å². The summed E-state index contributed by atoms with van der Waals surface area (Å²) in [7, 11) is 0. The molecule has 0 spiro atoms. The Morgan fingerprint density at radius 1 is 1.33 bits per heavy atom. The summed E-state index contributed by atoms with van der Waals surface area (Å²) in [5, 5.41) is 3.36. The van der Waals surface area contributed by atoms with Gasteiger partial charge in [0.05, 0.1) is 11.3 Å². The van der Waals surface area contributed by atoms with Crippen LogP contribution in [0.2, 0.25) is 0 Å². The van der Waals surface area contributed by atoms with E-state index in [1.54, 1.807) is 11.3 Å². The SMILES string of the molecule is CCOc1cccc2ccsc12. The summed E-state index contributed by atoms with van der Waals surface area (Å²) in [5.41, 5.74) is 0. The Morgan fingerprint density at radius 2 is 2.25 bits per heavy atom. The second-order valence-electron chi connectivity index (χ2n) is 2.53. The summed E-state index contributed by atoms with van der Waals surface area (Å²) < 4.78 is 6.74. The zero-order chi connectivity index (χ0) is 8.39. The first-order valence-electron chi connectivity index (χ1n) is 4.01. The molecular formula is C10H10OS. The molecule has 0 saturated heterocycles. The van der Waals surface area contributed by atoms with Crippen LogP contribution in [0.4, 0.5) is 0 Å². The molecule has 2 aromatic rings. The molecule has 0 bridgehead atoms. The molecule has 0 unspecified atom stereocenters. The lowest BCUT2D eigenvalue weighted by molar-refractivity contribution is 0.345. The van der Waals surface area contributed by atoms with Gasteiger partial charge in [-0.1, -0.05) is 12.1 Å². The molecule has 0 fully saturated rings. The van der Waals surface area contributed by atoms with Gasteiger partial charge in [-0.05, 0) is 29.8 Å². The third-order valence-electron chi connectivity index (χ3n) is 1.74. The van der Waals surface area contributed by atoms with Crippen molar-refractivity contribution in [2.24, 2.45) is 0 Å². The molecule has 1 aromatic carbocycles. The highest BCUT2D eigenvalue weighted by molar-refractivity contribution is 7.17. The van der Waals surface area contributed by atoms with Crippen LogP contribution < -0.4 is 4.74 Å². The van der Waals surface area contributed by atoms with Gasteiger partial charge in [0.2, 0.25) is 0 Å². The molecule has 0 radical (unpaired) electrons. The Bertz CT molecular complexity index is 378. The summed E-state index contributed by atoms with van der Waals surface area (Å²) in [6.45, 7) is 2.74. The van der Waals surface area contributed by atoms with E-state index in [0.717, 1.165) is 12.4 Å². The summed E-state index contributed by atoms with van der Waals surface area (Å²) in [5.74, 6) is 1.00. The molecule has 1 nitrogen and oxygen atoms in total. The maximum Gasteiger partial charge on any atom is 0.137 e. The van der Waals surface area contributed by atoms with Gasteiger partial charge < -0.3 is 4.74 Å². The third kappa shape index (κ3) is 1.18. The van der Waals surface area contributed by atoms with Gasteiger partial charge in [0.25, 0.3) is 0 Å². The topological polar surface area (TPSA) is 9.23 Å². The van der Waals surface area contributed by atoms with Crippen molar-refractivity contribution in [1.82, 2.24) is 0 Å². The van der Waals surface area contributed by atoms with Crippen LogP contribution in [0.15, 0.2) is 29.6 Å². The molecule has 62 valence electrons. The average molecular weight is 178 g/mol. The van der Waals surface area contributed by atoms with Crippen LogP contribution in [-0.4, -0.2) is 6.61 Å². The first-order chi connectivity index (χ1) is 5.92. The maximum atomic E-state index is 5.49. The molecule has 0 aliphatic carbocycles. The van der Waals surface area contributed by atoms with Gasteiger partial charge in [-0.15, -0.1) is 11.3 Å². The van der Waals surface area contributed by atoms with Gasteiger partial charge in [0.15, 0.2) is 0 Å². The van der Waals surface area contributed by atoms with E-state index in [1.807, 2.05) is 19.1 Å². The number of thiophene rings is 1. The minimum absolute atomic E-state index is 0.733. The van der Waals surface area contributed by atoms with Crippen LogP contribution in [0, 0.1) is 0 Å². The van der Waals surface area contributed by atoms with Crippen molar-refractivity contribution in [2.45, 2.75) is 6.92 Å². The number of hydrogen-bond acceptors (Lipinski definition) is 2. The van der Waals surface area contributed by atoms with E-state index in [4.69, 9.17) is 4.74 Å². The van der Waals surface area contributed by atoms with Gasteiger partial charge in [-0.25, -0.2) is 0 Å². The van der Waals surface area contributed by atoms with Crippen molar-refractivity contribution in [2.75, 3.05) is 6.61 Å². The van der Waals surface area contributed by atoms with Crippen molar-refractivity contribution in [1.29, 1.82) is 0 Å². The molecule has 0 aliphatic heterocycles. The first-order valence-corrected chi connectivity index (χ1v) is 4.89. The van der Waals surface area contributed by atoms with Crippen LogP contribution in [-0.2, 0) is 0 Å². The Labute approximate surface area is 75.6 Å². The van der Waals surface area contributed by atoms with E-state index in [-0.39, 0.29) is 0 Å². The van der Waals surface area contributed by atoms with E-state index in [2.05, 4.69) is 17.5 Å². The van der Waals surface area contributed by atoms with Crippen molar-refractivity contribution < 1.29 is 4.74 Å². The summed E-state index contributed by atoms with van der Waals surface area (Å²) in [6, 6.07) is 8.26. The normalized spacial score (nSPS) is 10.4. The van der Waals surface area contributed by atoms with E-state index < -0.39 is 0 Å². The van der Waals surface area contributed by atoms with Crippen LogP contribution in [0.5, 0.6) is 5.75 Å². The highest BCUT2D eigenvalue weighted by Gasteiger charge is 2.00. The maximum absolute atomic E-state index is 5.49. The Kier molecular flexibility index (Phi) is 2.00. The van der Waals surface area contributed by atoms with E-state index in [9.17, 15) is 0 Å². The highest BCUT2D eigenvalue weighted by Crippen LogP contribution is 2.30. The fraction of sp³-hybridized carbons (Fsp3) is 0.200. The number of benzene rings is 1. The molecule has 2 rings (SSSR count). The molecule has 0 aliphatic rings. The zero-order valence-corrected chi connectivity index (χ0v) is 7.73. The number of ether oxygens (including phenoxy) is 1. The molecule has 0 amide bonds. The molecule has 1 heterocycles. The fourth-order valence-corrected chi connectivity index (χ4v) is 2.10. The second-order valence-corrected chi connectivity index (χ2v) is 3.44. The van der Waals surface area contributed by atoms with Gasteiger partial charge in [-0.3, -0.25) is 0 Å². The van der Waals surface area contributed by atoms with Crippen molar-refractivity contribution in [3.8, 4) is 5.75 Å². The lowest BCUT2D eigenvalue weighted by Gasteiger charge is -2.02. The van der Waals surface area contributed by atoms with E-state index >= 15 is 0 Å². The lowest BCUT2D eigenvalue weighted by Crippen LogP contribution is -1.90. The molecular weight excluding hydrogens is 168 g/mol. The average Bonchev–Trinajstić information content (AvgIpc) is 2.53. The largest absolute Gasteiger partial charge is 0.492 e. The lowest BCUT2D eigenvalue weighted by atomic mass is 10.2. The van der Waals surface area contributed by atoms with E-state index in [1.165, 1.54) is 10.1 Å².